The summed E-state index contributed by atoms with van der Waals surface area (Å²) in [4.78, 5) is 11.0. The van der Waals surface area contributed by atoms with Crippen LogP contribution in [-0.2, 0) is 0 Å². The quantitative estimate of drug-likeness (QED) is 0.732. The highest BCUT2D eigenvalue weighted by Gasteiger charge is 2.10. The third kappa shape index (κ3) is 3.17. The Hall–Kier alpha value is -2.89. The molecule has 0 spiro atoms. The zero-order valence-corrected chi connectivity index (χ0v) is 11.7. The van der Waals surface area contributed by atoms with Crippen LogP contribution in [0.4, 0.5) is 17.1 Å². The summed E-state index contributed by atoms with van der Waals surface area (Å²) in [7, 11) is 3.11. The minimum Gasteiger partial charge on any atom is -0.497 e. The predicted molar refractivity (Wildman–Crippen MR) is 80.6 cm³/mol. The number of ether oxygens (including phenoxy) is 2. The van der Waals surface area contributed by atoms with E-state index in [1.165, 1.54) is 12.1 Å². The maximum Gasteiger partial charge on any atom is 0.335 e. The zero-order chi connectivity index (χ0) is 15.4. The summed E-state index contributed by atoms with van der Waals surface area (Å²) in [6, 6.07) is 9.71. The third-order valence-corrected chi connectivity index (χ3v) is 2.98. The summed E-state index contributed by atoms with van der Waals surface area (Å²) in [5.74, 6) is 0.220. The van der Waals surface area contributed by atoms with Crippen LogP contribution in [0.1, 0.15) is 10.4 Å². The lowest BCUT2D eigenvalue weighted by atomic mass is 10.1. The van der Waals surface area contributed by atoms with Gasteiger partial charge in [-0.05, 0) is 30.3 Å². The molecule has 0 saturated carbocycles. The molecule has 0 amide bonds. The topological polar surface area (TPSA) is 93.8 Å². The van der Waals surface area contributed by atoms with Crippen molar-refractivity contribution in [3.63, 3.8) is 0 Å². The molecule has 0 heterocycles. The average molecular weight is 288 g/mol. The molecule has 0 radical (unpaired) electrons. The summed E-state index contributed by atoms with van der Waals surface area (Å²) in [6.07, 6.45) is 0. The Morgan fingerprint density at radius 2 is 1.86 bits per heavy atom. The largest absolute Gasteiger partial charge is 0.497 e. The Balaban J connectivity index is 2.41. The highest BCUT2D eigenvalue weighted by Crippen LogP contribution is 2.33. The van der Waals surface area contributed by atoms with Crippen molar-refractivity contribution in [1.29, 1.82) is 0 Å². The molecule has 4 N–H and O–H groups in total. The molecule has 0 atom stereocenters. The number of rotatable bonds is 5. The first kappa shape index (κ1) is 14.5. The highest BCUT2D eigenvalue weighted by atomic mass is 16.5. The average Bonchev–Trinajstić information content (AvgIpc) is 2.49. The first-order valence-electron chi connectivity index (χ1n) is 6.17. The van der Waals surface area contributed by atoms with Crippen molar-refractivity contribution in [3.05, 3.63) is 42.0 Å². The maximum absolute atomic E-state index is 11.0. The monoisotopic (exact) mass is 288 g/mol. The molecule has 2 aromatic carbocycles. The lowest BCUT2D eigenvalue weighted by Gasteiger charge is -2.14. The van der Waals surface area contributed by atoms with E-state index in [1.807, 2.05) is 0 Å². The third-order valence-electron chi connectivity index (χ3n) is 2.98. The number of carbonyl (C=O) groups is 1. The molecule has 0 aliphatic heterocycles. The Kier molecular flexibility index (Phi) is 4.18. The molecule has 0 unspecified atom stereocenters. The molecule has 0 bridgehead atoms. The number of carboxylic acids is 1. The normalized spacial score (nSPS) is 10.0. The standard InChI is InChI=1S/C15H16N2O4/c1-20-10-4-6-14(21-2)13(8-10)17-12-7-9(15(18)19)3-5-11(12)16/h3-8,17H,16H2,1-2H3,(H,18,19). The minimum absolute atomic E-state index is 0.147. The SMILES string of the molecule is COc1ccc(OC)c(Nc2cc(C(=O)O)ccc2N)c1. The number of aromatic carboxylic acids is 1. The van der Waals surface area contributed by atoms with Gasteiger partial charge in [0.05, 0.1) is 36.8 Å². The van der Waals surface area contributed by atoms with E-state index in [9.17, 15) is 4.79 Å². The summed E-state index contributed by atoms with van der Waals surface area (Å²) in [5.41, 5.74) is 7.57. The van der Waals surface area contributed by atoms with E-state index in [0.717, 1.165) is 0 Å². The Morgan fingerprint density at radius 3 is 2.48 bits per heavy atom. The fourth-order valence-electron chi connectivity index (χ4n) is 1.85. The summed E-state index contributed by atoms with van der Waals surface area (Å²) >= 11 is 0. The number of nitrogen functional groups attached to an aromatic ring is 1. The molecule has 6 heteroatoms. The fourth-order valence-corrected chi connectivity index (χ4v) is 1.85. The molecule has 6 nitrogen and oxygen atoms in total. The second kappa shape index (κ2) is 6.04. The van der Waals surface area contributed by atoms with E-state index in [-0.39, 0.29) is 5.56 Å². The van der Waals surface area contributed by atoms with Gasteiger partial charge in [-0.2, -0.15) is 0 Å². The van der Waals surface area contributed by atoms with Gasteiger partial charge in [0, 0.05) is 6.07 Å². The van der Waals surface area contributed by atoms with Crippen LogP contribution in [0.5, 0.6) is 11.5 Å². The van der Waals surface area contributed by atoms with E-state index in [1.54, 1.807) is 38.5 Å². The van der Waals surface area contributed by atoms with Crippen molar-refractivity contribution >= 4 is 23.0 Å². The molecule has 0 aliphatic carbocycles. The van der Waals surface area contributed by atoms with E-state index < -0.39 is 5.97 Å². The van der Waals surface area contributed by atoms with Crippen LogP contribution in [0.25, 0.3) is 0 Å². The van der Waals surface area contributed by atoms with Crippen molar-refractivity contribution in [1.82, 2.24) is 0 Å². The second-order valence-electron chi connectivity index (χ2n) is 4.30. The van der Waals surface area contributed by atoms with E-state index >= 15 is 0 Å². The number of methoxy groups -OCH3 is 2. The first-order chi connectivity index (χ1) is 10.0. The molecular formula is C15H16N2O4. The molecule has 2 rings (SSSR count). The molecule has 110 valence electrons. The van der Waals surface area contributed by atoms with Crippen LogP contribution < -0.4 is 20.5 Å². The van der Waals surface area contributed by atoms with Crippen LogP contribution in [-0.4, -0.2) is 25.3 Å². The summed E-state index contributed by atoms with van der Waals surface area (Å²) in [5, 5.41) is 12.1. The predicted octanol–water partition coefficient (Wildman–Crippen LogP) is 2.73. The zero-order valence-electron chi connectivity index (χ0n) is 11.7. The van der Waals surface area contributed by atoms with Crippen LogP contribution >= 0.6 is 0 Å². The maximum atomic E-state index is 11.0. The van der Waals surface area contributed by atoms with Crippen LogP contribution in [0.2, 0.25) is 0 Å². The van der Waals surface area contributed by atoms with E-state index in [4.69, 9.17) is 20.3 Å². The molecule has 0 fully saturated rings. The molecule has 0 aliphatic rings. The first-order valence-corrected chi connectivity index (χ1v) is 6.17. The highest BCUT2D eigenvalue weighted by molar-refractivity contribution is 5.91. The van der Waals surface area contributed by atoms with Gasteiger partial charge in [-0.15, -0.1) is 0 Å². The molecule has 21 heavy (non-hydrogen) atoms. The summed E-state index contributed by atoms with van der Waals surface area (Å²) < 4.78 is 10.4. The van der Waals surface area contributed by atoms with Crippen molar-refractivity contribution in [2.24, 2.45) is 0 Å². The fraction of sp³-hybridized carbons (Fsp3) is 0.133. The van der Waals surface area contributed by atoms with Gasteiger partial charge in [0.25, 0.3) is 0 Å². The van der Waals surface area contributed by atoms with E-state index in [0.29, 0.717) is 28.6 Å². The van der Waals surface area contributed by atoms with Crippen molar-refractivity contribution in [2.45, 2.75) is 0 Å². The lowest BCUT2D eigenvalue weighted by molar-refractivity contribution is 0.0697. The van der Waals surface area contributed by atoms with Crippen LogP contribution in [0.3, 0.4) is 0 Å². The van der Waals surface area contributed by atoms with Crippen molar-refractivity contribution < 1.29 is 19.4 Å². The number of hydrogen-bond donors (Lipinski definition) is 3. The Labute approximate surface area is 122 Å². The van der Waals surface area contributed by atoms with Gasteiger partial charge in [-0.3, -0.25) is 0 Å². The Bertz CT molecular complexity index is 671. The second-order valence-corrected chi connectivity index (χ2v) is 4.30. The number of carboxylic acid groups (broad SMARTS) is 1. The van der Waals surface area contributed by atoms with Gasteiger partial charge >= 0.3 is 5.97 Å². The van der Waals surface area contributed by atoms with Crippen LogP contribution in [0, 0.1) is 0 Å². The number of benzene rings is 2. The van der Waals surface area contributed by atoms with Gasteiger partial charge in [-0.1, -0.05) is 0 Å². The molecule has 0 saturated heterocycles. The van der Waals surface area contributed by atoms with E-state index in [2.05, 4.69) is 5.32 Å². The van der Waals surface area contributed by atoms with Gasteiger partial charge in [-0.25, -0.2) is 4.79 Å². The Morgan fingerprint density at radius 1 is 1.10 bits per heavy atom. The molecular weight excluding hydrogens is 272 g/mol. The van der Waals surface area contributed by atoms with Gasteiger partial charge in [0.1, 0.15) is 11.5 Å². The number of hydrogen-bond acceptors (Lipinski definition) is 5. The minimum atomic E-state index is -1.02. The number of anilines is 3. The molecule has 2 aromatic rings. The van der Waals surface area contributed by atoms with Gasteiger partial charge in [0.2, 0.25) is 0 Å². The number of nitrogens with one attached hydrogen (secondary N) is 1. The summed E-state index contributed by atoms with van der Waals surface area (Å²) in [6.45, 7) is 0. The van der Waals surface area contributed by atoms with Gasteiger partial charge < -0.3 is 25.6 Å². The van der Waals surface area contributed by atoms with Gasteiger partial charge in [0.15, 0.2) is 0 Å². The number of nitrogens with two attached hydrogens (primary N) is 1. The molecule has 0 aromatic heterocycles. The van der Waals surface area contributed by atoms with Crippen molar-refractivity contribution in [2.75, 3.05) is 25.3 Å². The van der Waals surface area contributed by atoms with Crippen LogP contribution in [0.15, 0.2) is 36.4 Å². The smallest absolute Gasteiger partial charge is 0.335 e. The van der Waals surface area contributed by atoms with Crippen molar-refractivity contribution in [3.8, 4) is 11.5 Å². The lowest BCUT2D eigenvalue weighted by Crippen LogP contribution is -2.02.